The molecule has 3 nitrogen and oxygen atoms in total. The van der Waals surface area contributed by atoms with Crippen molar-refractivity contribution in [2.75, 3.05) is 0 Å². The first-order chi connectivity index (χ1) is 23.1. The van der Waals surface area contributed by atoms with Crippen LogP contribution in [0, 0.1) is 0 Å². The van der Waals surface area contributed by atoms with E-state index in [1.165, 1.54) is 5.56 Å². The normalized spacial score (nSPS) is 13.2. The molecule has 1 heterocycles. The van der Waals surface area contributed by atoms with Crippen molar-refractivity contribution in [2.45, 2.75) is 12.8 Å². The van der Waals surface area contributed by atoms with Gasteiger partial charge in [-0.3, -0.25) is 0 Å². The van der Waals surface area contributed by atoms with E-state index in [-0.39, 0.29) is 0 Å². The first-order valence-electron chi connectivity index (χ1n) is 16.0. The molecule has 5 heteroatoms. The van der Waals surface area contributed by atoms with Crippen LogP contribution < -0.4 is 26.5 Å². The summed E-state index contributed by atoms with van der Waals surface area (Å²) in [4.78, 5) is 0. The van der Waals surface area contributed by atoms with E-state index in [9.17, 15) is 0 Å². The van der Waals surface area contributed by atoms with Gasteiger partial charge in [0, 0.05) is 42.9 Å². The van der Waals surface area contributed by atoms with Gasteiger partial charge in [0.05, 0.1) is 11.2 Å². The Labute approximate surface area is 275 Å². The number of benzene rings is 6. The van der Waals surface area contributed by atoms with Gasteiger partial charge in [0.1, 0.15) is 0 Å². The topological polar surface area (TPSA) is 39.1 Å². The molecule has 0 aliphatic heterocycles. The second-order valence-corrected chi connectivity index (χ2v) is 17.5. The Kier molecular flexibility index (Phi) is 7.53. The highest BCUT2D eigenvalue weighted by atomic mass is 31.2. The minimum atomic E-state index is -3.19. The molecule has 1 aliphatic rings. The van der Waals surface area contributed by atoms with Gasteiger partial charge in [-0.1, -0.05) is 152 Å². The van der Waals surface area contributed by atoms with Crippen LogP contribution >= 0.6 is 14.3 Å². The van der Waals surface area contributed by atoms with Crippen LogP contribution in [0.25, 0.3) is 22.7 Å². The van der Waals surface area contributed by atoms with Crippen molar-refractivity contribution < 1.29 is 9.13 Å². The van der Waals surface area contributed by atoms with E-state index in [2.05, 4.69) is 41.0 Å². The van der Waals surface area contributed by atoms with Crippen molar-refractivity contribution in [3.05, 3.63) is 186 Å². The van der Waals surface area contributed by atoms with Crippen LogP contribution in [-0.2, 0) is 15.6 Å². The van der Waals surface area contributed by atoms with Crippen LogP contribution in [0.1, 0.15) is 17.7 Å². The molecule has 0 N–H and O–H groups in total. The van der Waals surface area contributed by atoms with Gasteiger partial charge in [-0.15, -0.1) is 0 Å². The lowest BCUT2D eigenvalue weighted by Gasteiger charge is -2.26. The predicted molar refractivity (Wildman–Crippen MR) is 199 cm³/mol. The van der Waals surface area contributed by atoms with Crippen molar-refractivity contribution >= 4 is 57.8 Å². The molecule has 0 radical (unpaired) electrons. The Bertz CT molecular complexity index is 2240. The lowest BCUT2D eigenvalue weighted by molar-refractivity contribution is 0.589. The number of para-hydroxylation sites is 1. The van der Waals surface area contributed by atoms with Crippen LogP contribution in [0.3, 0.4) is 0 Å². The zero-order valence-electron chi connectivity index (χ0n) is 25.8. The number of nitrogens with zero attached hydrogens (tertiary/aromatic N) is 1. The number of hydrogen-bond donors (Lipinski definition) is 0. The maximum Gasteiger partial charge on any atom is 0.171 e. The Morgan fingerprint density at radius 2 is 0.894 bits per heavy atom. The molecule has 0 saturated carbocycles. The van der Waals surface area contributed by atoms with Crippen molar-refractivity contribution in [1.29, 1.82) is 0 Å². The maximum absolute atomic E-state index is 15.4. The molecule has 1 aliphatic carbocycles. The highest BCUT2D eigenvalue weighted by Gasteiger charge is 2.36. The second-order valence-electron chi connectivity index (χ2n) is 11.9. The average molecular weight is 646 g/mol. The van der Waals surface area contributed by atoms with Crippen LogP contribution in [-0.4, -0.2) is 4.57 Å². The first-order valence-corrected chi connectivity index (χ1v) is 19.4. The molecule has 6 aromatic carbocycles. The number of allylic oxidation sites excluding steroid dienone is 1. The van der Waals surface area contributed by atoms with Gasteiger partial charge in [-0.2, -0.15) is 0 Å². The molecule has 0 spiro atoms. The van der Waals surface area contributed by atoms with Gasteiger partial charge in [-0.05, 0) is 42.7 Å². The van der Waals surface area contributed by atoms with Crippen molar-refractivity contribution in [3.8, 4) is 5.69 Å². The van der Waals surface area contributed by atoms with Crippen LogP contribution in [0.5, 0.6) is 0 Å². The second kappa shape index (κ2) is 12.0. The molecule has 8 rings (SSSR count). The number of aryl methyl sites for hydroxylation is 1. The molecule has 1 aromatic heterocycles. The van der Waals surface area contributed by atoms with Crippen molar-refractivity contribution in [3.63, 3.8) is 0 Å². The molecule has 0 amide bonds. The molecular weight excluding hydrogens is 612 g/mol. The van der Waals surface area contributed by atoms with E-state index in [0.29, 0.717) is 6.42 Å². The van der Waals surface area contributed by atoms with Crippen LogP contribution in [0.2, 0.25) is 0 Å². The first kappa shape index (κ1) is 29.5. The average Bonchev–Trinajstić information content (AvgIpc) is 3.49. The number of aromatic nitrogens is 1. The highest BCUT2D eigenvalue weighted by molar-refractivity contribution is 7.85. The van der Waals surface area contributed by atoms with Crippen LogP contribution in [0.4, 0.5) is 0 Å². The summed E-state index contributed by atoms with van der Waals surface area (Å²) in [5, 5.41) is 6.17. The Morgan fingerprint density at radius 3 is 1.38 bits per heavy atom. The largest absolute Gasteiger partial charge is 0.310 e. The molecule has 0 unspecified atom stereocenters. The zero-order valence-corrected chi connectivity index (χ0v) is 27.6. The molecule has 47 heavy (non-hydrogen) atoms. The van der Waals surface area contributed by atoms with Gasteiger partial charge in [-0.25, -0.2) is 0 Å². The van der Waals surface area contributed by atoms with E-state index in [1.807, 2.05) is 140 Å². The number of fused-ring (bicyclic) bond motifs is 3. The fraction of sp³-hybridized carbons (Fsp3) is 0.0476. The molecular formula is C42H33NO2P2. The maximum atomic E-state index is 15.4. The summed E-state index contributed by atoms with van der Waals surface area (Å²) >= 11 is 0. The third kappa shape index (κ3) is 4.90. The highest BCUT2D eigenvalue weighted by Crippen LogP contribution is 2.56. The molecule has 7 aromatic rings. The van der Waals surface area contributed by atoms with Gasteiger partial charge in [0.2, 0.25) is 0 Å². The summed E-state index contributed by atoms with van der Waals surface area (Å²) in [6, 6.07) is 56.1. The SMILES string of the molecule is O=P(C1=Cc2c(c3ccc(P(=O)(c4ccccc4)c4ccccc4)cc3n2-c2ccccc2)CC1)(c1ccccc1)c1ccccc1. The molecule has 0 saturated heterocycles. The fourth-order valence-electron chi connectivity index (χ4n) is 7.04. The lowest BCUT2D eigenvalue weighted by Crippen LogP contribution is -2.25. The van der Waals surface area contributed by atoms with Gasteiger partial charge >= 0.3 is 0 Å². The van der Waals surface area contributed by atoms with Gasteiger partial charge in [0.25, 0.3) is 0 Å². The van der Waals surface area contributed by atoms with Gasteiger partial charge in [0.15, 0.2) is 14.3 Å². The molecule has 0 atom stereocenters. The minimum absolute atomic E-state index is 0.691. The monoisotopic (exact) mass is 645 g/mol. The van der Waals surface area contributed by atoms with Crippen LogP contribution in [0.15, 0.2) is 175 Å². The number of rotatable bonds is 7. The third-order valence-corrected chi connectivity index (χ3v) is 15.6. The summed E-state index contributed by atoms with van der Waals surface area (Å²) in [6.07, 6.45) is 3.63. The third-order valence-electron chi connectivity index (χ3n) is 9.29. The summed E-state index contributed by atoms with van der Waals surface area (Å²) in [7, 11) is -6.31. The quantitative estimate of drug-likeness (QED) is 0.163. The Morgan fingerprint density at radius 1 is 0.447 bits per heavy atom. The fourth-order valence-corrected chi connectivity index (χ4v) is 12.6. The zero-order chi connectivity index (χ0) is 31.8. The minimum Gasteiger partial charge on any atom is -0.310 e. The predicted octanol–water partition coefficient (Wildman–Crippen LogP) is 8.57. The summed E-state index contributed by atoms with van der Waals surface area (Å²) in [5.41, 5.74) is 4.27. The van der Waals surface area contributed by atoms with E-state index < -0.39 is 14.3 Å². The van der Waals surface area contributed by atoms with E-state index in [0.717, 1.165) is 60.5 Å². The van der Waals surface area contributed by atoms with E-state index in [1.54, 1.807) is 0 Å². The van der Waals surface area contributed by atoms with E-state index in [4.69, 9.17) is 0 Å². The molecule has 0 fully saturated rings. The number of hydrogen-bond acceptors (Lipinski definition) is 2. The van der Waals surface area contributed by atoms with E-state index >= 15 is 9.13 Å². The molecule has 228 valence electrons. The summed E-state index contributed by atoms with van der Waals surface area (Å²) in [6.45, 7) is 0. The van der Waals surface area contributed by atoms with Gasteiger partial charge < -0.3 is 13.7 Å². The standard InChI is InChI=1S/C42H33NO2P2/c44-46(33-18-8-2-9-19-33,34-20-10-3-11-21-34)37-26-28-39-40-29-27-38(31-42(40)43(41(39)30-37)32-16-6-1-7-17-32)47(45,35-22-12-4-13-23-35)36-24-14-5-15-25-36/h1-26,28,30-31H,27,29H2. The lowest BCUT2D eigenvalue weighted by atomic mass is 10.0. The smallest absolute Gasteiger partial charge is 0.171 e. The Hall–Kier alpha value is -4.94. The summed E-state index contributed by atoms with van der Waals surface area (Å²) < 4.78 is 33.1. The summed E-state index contributed by atoms with van der Waals surface area (Å²) in [5.74, 6) is 0. The van der Waals surface area contributed by atoms with Crippen molar-refractivity contribution in [2.24, 2.45) is 0 Å². The van der Waals surface area contributed by atoms with Crippen molar-refractivity contribution in [1.82, 2.24) is 4.57 Å². The molecule has 0 bridgehead atoms. The Balaban J connectivity index is 1.40.